The summed E-state index contributed by atoms with van der Waals surface area (Å²) < 4.78 is 8.02. The first-order valence-corrected chi connectivity index (χ1v) is 7.83. The summed E-state index contributed by atoms with van der Waals surface area (Å²) in [6.07, 6.45) is 6.35. The smallest absolute Gasteiger partial charge is 0.130 e. The van der Waals surface area contributed by atoms with Gasteiger partial charge in [-0.15, -0.1) is 0 Å². The van der Waals surface area contributed by atoms with Crippen molar-refractivity contribution in [1.29, 1.82) is 0 Å². The average Bonchev–Trinajstić information content (AvgIpc) is 2.73. The van der Waals surface area contributed by atoms with Crippen LogP contribution in [0.1, 0.15) is 36.9 Å². The van der Waals surface area contributed by atoms with Crippen LogP contribution in [0.4, 0.5) is 5.82 Å². The van der Waals surface area contributed by atoms with Crippen molar-refractivity contribution in [1.82, 2.24) is 9.78 Å². The van der Waals surface area contributed by atoms with Gasteiger partial charge in [0.2, 0.25) is 0 Å². The molecule has 1 aliphatic heterocycles. The second-order valence-electron chi connectivity index (χ2n) is 6.00. The molecule has 1 saturated carbocycles. The number of aromatic nitrogens is 2. The molecule has 2 atom stereocenters. The van der Waals surface area contributed by atoms with E-state index in [1.807, 2.05) is 4.68 Å². The molecule has 2 fully saturated rings. The highest BCUT2D eigenvalue weighted by molar-refractivity contribution is 5.52. The summed E-state index contributed by atoms with van der Waals surface area (Å²) in [5, 5.41) is 4.62. The van der Waals surface area contributed by atoms with Gasteiger partial charge in [0.25, 0.3) is 0 Å². The first-order valence-electron chi connectivity index (χ1n) is 7.83. The normalized spacial score (nSPS) is 26.6. The Bertz CT molecular complexity index is 469. The maximum Gasteiger partial charge on any atom is 0.130 e. The summed E-state index contributed by atoms with van der Waals surface area (Å²) in [4.78, 5) is 2.54. The number of hydrogen-bond donors (Lipinski definition) is 1. The number of rotatable bonds is 3. The van der Waals surface area contributed by atoms with E-state index in [0.29, 0.717) is 18.7 Å². The monoisotopic (exact) mass is 278 g/mol. The van der Waals surface area contributed by atoms with E-state index in [2.05, 4.69) is 24.0 Å². The summed E-state index contributed by atoms with van der Waals surface area (Å²) in [6.45, 7) is 4.57. The Morgan fingerprint density at radius 1 is 1.35 bits per heavy atom. The van der Waals surface area contributed by atoms with E-state index in [-0.39, 0.29) is 0 Å². The van der Waals surface area contributed by atoms with Gasteiger partial charge in [0.1, 0.15) is 5.82 Å². The van der Waals surface area contributed by atoms with Crippen molar-refractivity contribution >= 4 is 5.82 Å². The number of aryl methyl sites for hydroxylation is 2. The SMILES string of the molecule is Cc1nn(C)c(N2CCOC3CCCCC32)c1CCN. The van der Waals surface area contributed by atoms with Crippen molar-refractivity contribution in [3.05, 3.63) is 11.3 Å². The van der Waals surface area contributed by atoms with Crippen molar-refractivity contribution in [2.45, 2.75) is 51.2 Å². The molecule has 0 radical (unpaired) electrons. The van der Waals surface area contributed by atoms with Crippen LogP contribution in [0.5, 0.6) is 0 Å². The van der Waals surface area contributed by atoms with Gasteiger partial charge in [-0.2, -0.15) is 5.10 Å². The fraction of sp³-hybridized carbons (Fsp3) is 0.800. The van der Waals surface area contributed by atoms with Gasteiger partial charge in [-0.1, -0.05) is 12.8 Å². The van der Waals surface area contributed by atoms with Gasteiger partial charge < -0.3 is 15.4 Å². The van der Waals surface area contributed by atoms with E-state index in [4.69, 9.17) is 10.5 Å². The van der Waals surface area contributed by atoms with E-state index >= 15 is 0 Å². The van der Waals surface area contributed by atoms with Gasteiger partial charge in [0.15, 0.2) is 0 Å². The highest BCUT2D eigenvalue weighted by Crippen LogP contribution is 2.34. The zero-order valence-electron chi connectivity index (χ0n) is 12.6. The lowest BCUT2D eigenvalue weighted by Gasteiger charge is -2.45. The Balaban J connectivity index is 1.94. The number of fused-ring (bicyclic) bond motifs is 1. The second-order valence-corrected chi connectivity index (χ2v) is 6.00. The van der Waals surface area contributed by atoms with Crippen LogP contribution in [0.25, 0.3) is 0 Å². The van der Waals surface area contributed by atoms with Gasteiger partial charge in [0, 0.05) is 19.2 Å². The third kappa shape index (κ3) is 2.33. The molecule has 0 bridgehead atoms. The molecule has 0 spiro atoms. The zero-order valence-corrected chi connectivity index (χ0v) is 12.6. The first kappa shape index (κ1) is 13.9. The molecular formula is C15H26N4O. The van der Waals surface area contributed by atoms with E-state index in [1.165, 1.54) is 37.1 Å². The van der Waals surface area contributed by atoms with Gasteiger partial charge in [-0.3, -0.25) is 4.68 Å². The molecule has 1 saturated heterocycles. The average molecular weight is 278 g/mol. The molecule has 112 valence electrons. The number of nitrogens with two attached hydrogens (primary N) is 1. The quantitative estimate of drug-likeness (QED) is 0.907. The lowest BCUT2D eigenvalue weighted by Crippen LogP contribution is -2.53. The third-order valence-corrected chi connectivity index (χ3v) is 4.71. The Hall–Kier alpha value is -1.07. The molecule has 2 N–H and O–H groups in total. The second kappa shape index (κ2) is 5.74. The van der Waals surface area contributed by atoms with Crippen LogP contribution in [0, 0.1) is 6.92 Å². The Morgan fingerprint density at radius 3 is 2.95 bits per heavy atom. The van der Waals surface area contributed by atoms with E-state index in [9.17, 15) is 0 Å². The molecule has 2 heterocycles. The van der Waals surface area contributed by atoms with Crippen molar-refractivity contribution in [2.24, 2.45) is 12.8 Å². The summed E-state index contributed by atoms with van der Waals surface area (Å²) in [7, 11) is 2.05. The lowest BCUT2D eigenvalue weighted by atomic mass is 9.90. The van der Waals surface area contributed by atoms with Crippen LogP contribution in [0.3, 0.4) is 0 Å². The fourth-order valence-electron chi connectivity index (χ4n) is 3.85. The molecule has 1 aromatic rings. The molecule has 5 nitrogen and oxygen atoms in total. The van der Waals surface area contributed by atoms with Crippen LogP contribution in [0.15, 0.2) is 0 Å². The minimum atomic E-state index is 0.401. The molecule has 2 aliphatic rings. The Kier molecular flexibility index (Phi) is 3.98. The van der Waals surface area contributed by atoms with E-state index < -0.39 is 0 Å². The number of nitrogens with zero attached hydrogens (tertiary/aromatic N) is 3. The van der Waals surface area contributed by atoms with E-state index in [1.54, 1.807) is 0 Å². The van der Waals surface area contributed by atoms with Crippen LogP contribution < -0.4 is 10.6 Å². The molecule has 0 aromatic carbocycles. The number of morpholine rings is 1. The third-order valence-electron chi connectivity index (χ3n) is 4.71. The predicted octanol–water partition coefficient (Wildman–Crippen LogP) is 1.38. The summed E-state index contributed by atoms with van der Waals surface area (Å²) in [5.74, 6) is 1.27. The van der Waals surface area contributed by atoms with Crippen LogP contribution in [-0.4, -0.2) is 41.6 Å². The van der Waals surface area contributed by atoms with Crippen LogP contribution in [0.2, 0.25) is 0 Å². The standard InChI is InChI=1S/C15H26N4O/c1-11-12(7-8-16)15(18(2)17-11)19-9-10-20-14-6-4-3-5-13(14)19/h13-14H,3-10,16H2,1-2H3. The number of ether oxygens (including phenoxy) is 1. The maximum atomic E-state index is 5.98. The fourth-order valence-corrected chi connectivity index (χ4v) is 3.85. The Labute approximate surface area is 121 Å². The zero-order chi connectivity index (χ0) is 14.1. The van der Waals surface area contributed by atoms with Crippen molar-refractivity contribution < 1.29 is 4.74 Å². The van der Waals surface area contributed by atoms with Gasteiger partial charge in [0.05, 0.1) is 24.4 Å². The molecule has 20 heavy (non-hydrogen) atoms. The molecule has 1 aliphatic carbocycles. The van der Waals surface area contributed by atoms with Crippen molar-refractivity contribution in [3.63, 3.8) is 0 Å². The van der Waals surface area contributed by atoms with Crippen LogP contribution >= 0.6 is 0 Å². The highest BCUT2D eigenvalue weighted by Gasteiger charge is 2.36. The molecular weight excluding hydrogens is 252 g/mol. The minimum Gasteiger partial charge on any atom is -0.374 e. The maximum absolute atomic E-state index is 5.98. The van der Waals surface area contributed by atoms with Gasteiger partial charge in [-0.25, -0.2) is 0 Å². The van der Waals surface area contributed by atoms with Crippen LogP contribution in [-0.2, 0) is 18.2 Å². The molecule has 5 heteroatoms. The van der Waals surface area contributed by atoms with Gasteiger partial charge >= 0.3 is 0 Å². The highest BCUT2D eigenvalue weighted by atomic mass is 16.5. The first-order chi connectivity index (χ1) is 9.72. The largest absolute Gasteiger partial charge is 0.374 e. The molecule has 3 rings (SSSR count). The lowest BCUT2D eigenvalue weighted by molar-refractivity contribution is -0.00929. The predicted molar refractivity (Wildman–Crippen MR) is 80.0 cm³/mol. The molecule has 1 aromatic heterocycles. The summed E-state index contributed by atoms with van der Waals surface area (Å²) in [5.41, 5.74) is 8.23. The van der Waals surface area contributed by atoms with E-state index in [0.717, 1.165) is 25.3 Å². The summed E-state index contributed by atoms with van der Waals surface area (Å²) >= 11 is 0. The number of hydrogen-bond acceptors (Lipinski definition) is 4. The minimum absolute atomic E-state index is 0.401. The molecule has 0 amide bonds. The van der Waals surface area contributed by atoms with Crippen molar-refractivity contribution in [2.75, 3.05) is 24.6 Å². The number of anilines is 1. The topological polar surface area (TPSA) is 56.3 Å². The van der Waals surface area contributed by atoms with Crippen molar-refractivity contribution in [3.8, 4) is 0 Å². The summed E-state index contributed by atoms with van der Waals surface area (Å²) in [6, 6.07) is 0.517. The molecule has 2 unspecified atom stereocenters. The Morgan fingerprint density at radius 2 is 2.15 bits per heavy atom. The van der Waals surface area contributed by atoms with Gasteiger partial charge in [-0.05, 0) is 32.7 Å².